The zero-order chi connectivity index (χ0) is 18.0. The first kappa shape index (κ1) is 17.5. The molecule has 0 bridgehead atoms. The second-order valence-corrected chi connectivity index (χ2v) is 5.47. The SMILES string of the molecule is COc1ccc(C2C(C(=O)O)=C(C)N=C(C)C2C(=O)O)cc1OC. The van der Waals surface area contributed by atoms with Gasteiger partial charge in [-0.05, 0) is 31.5 Å². The van der Waals surface area contributed by atoms with Gasteiger partial charge in [-0.25, -0.2) is 4.79 Å². The monoisotopic (exact) mass is 333 g/mol. The van der Waals surface area contributed by atoms with Crippen LogP contribution in [0.15, 0.2) is 34.5 Å². The minimum atomic E-state index is -1.19. The average molecular weight is 333 g/mol. The van der Waals surface area contributed by atoms with Gasteiger partial charge in [0.2, 0.25) is 0 Å². The highest BCUT2D eigenvalue weighted by atomic mass is 16.5. The maximum Gasteiger partial charge on any atom is 0.334 e. The topological polar surface area (TPSA) is 105 Å². The zero-order valence-corrected chi connectivity index (χ0v) is 13.9. The number of benzene rings is 1. The van der Waals surface area contributed by atoms with Gasteiger partial charge in [-0.2, -0.15) is 0 Å². The van der Waals surface area contributed by atoms with Crippen LogP contribution in [0.3, 0.4) is 0 Å². The van der Waals surface area contributed by atoms with Gasteiger partial charge in [0.1, 0.15) is 5.92 Å². The van der Waals surface area contributed by atoms with E-state index in [0.717, 1.165) is 0 Å². The highest BCUT2D eigenvalue weighted by Gasteiger charge is 2.41. The summed E-state index contributed by atoms with van der Waals surface area (Å²) in [6, 6.07) is 4.88. The smallest absolute Gasteiger partial charge is 0.334 e. The molecule has 2 atom stereocenters. The number of aliphatic carboxylic acids is 2. The molecule has 0 aromatic heterocycles. The molecule has 1 aromatic carbocycles. The van der Waals surface area contributed by atoms with Crippen molar-refractivity contribution in [2.45, 2.75) is 19.8 Å². The van der Waals surface area contributed by atoms with Crippen molar-refractivity contribution in [1.82, 2.24) is 0 Å². The lowest BCUT2D eigenvalue weighted by Crippen LogP contribution is -2.34. The molecular weight excluding hydrogens is 314 g/mol. The molecule has 24 heavy (non-hydrogen) atoms. The van der Waals surface area contributed by atoms with Crippen LogP contribution in [0.1, 0.15) is 25.3 Å². The Labute approximate surface area is 139 Å². The maximum absolute atomic E-state index is 11.7. The first-order valence-corrected chi connectivity index (χ1v) is 7.25. The second kappa shape index (κ2) is 6.74. The van der Waals surface area contributed by atoms with E-state index in [2.05, 4.69) is 4.99 Å². The molecule has 0 fully saturated rings. The van der Waals surface area contributed by atoms with Crippen LogP contribution in [0.25, 0.3) is 0 Å². The largest absolute Gasteiger partial charge is 0.493 e. The number of hydrogen-bond acceptors (Lipinski definition) is 5. The van der Waals surface area contributed by atoms with E-state index in [0.29, 0.717) is 28.5 Å². The molecule has 0 saturated heterocycles. The van der Waals surface area contributed by atoms with Crippen LogP contribution < -0.4 is 9.47 Å². The predicted molar refractivity (Wildman–Crippen MR) is 86.9 cm³/mol. The zero-order valence-electron chi connectivity index (χ0n) is 13.9. The summed E-state index contributed by atoms with van der Waals surface area (Å²) >= 11 is 0. The quantitative estimate of drug-likeness (QED) is 0.856. The van der Waals surface area contributed by atoms with Crippen LogP contribution in [0, 0.1) is 5.92 Å². The van der Waals surface area contributed by atoms with Gasteiger partial charge < -0.3 is 19.7 Å². The summed E-state index contributed by atoms with van der Waals surface area (Å²) in [7, 11) is 2.95. The summed E-state index contributed by atoms with van der Waals surface area (Å²) < 4.78 is 10.4. The summed E-state index contributed by atoms with van der Waals surface area (Å²) in [6.07, 6.45) is 0. The second-order valence-electron chi connectivity index (χ2n) is 5.47. The summed E-state index contributed by atoms with van der Waals surface area (Å²) in [5.41, 5.74) is 1.16. The molecule has 1 heterocycles. The molecular formula is C17H19NO6. The number of hydrogen-bond donors (Lipinski definition) is 2. The molecule has 0 aliphatic carbocycles. The lowest BCUT2D eigenvalue weighted by molar-refractivity contribution is -0.140. The minimum absolute atomic E-state index is 0.0276. The fourth-order valence-electron chi connectivity index (χ4n) is 3.04. The van der Waals surface area contributed by atoms with E-state index in [1.165, 1.54) is 14.2 Å². The molecule has 0 spiro atoms. The molecule has 7 nitrogen and oxygen atoms in total. The van der Waals surface area contributed by atoms with Gasteiger partial charge in [0.05, 0.1) is 19.8 Å². The number of allylic oxidation sites excluding steroid dienone is 1. The summed E-state index contributed by atoms with van der Waals surface area (Å²) in [5, 5.41) is 19.2. The molecule has 2 unspecified atom stereocenters. The molecule has 2 rings (SSSR count). The van der Waals surface area contributed by atoms with Crippen molar-refractivity contribution >= 4 is 17.7 Å². The first-order chi connectivity index (χ1) is 11.3. The average Bonchev–Trinajstić information content (AvgIpc) is 2.52. The molecule has 1 aromatic rings. The number of methoxy groups -OCH3 is 2. The highest BCUT2D eigenvalue weighted by Crippen LogP contribution is 2.41. The van der Waals surface area contributed by atoms with Crippen molar-refractivity contribution in [2.24, 2.45) is 10.9 Å². The van der Waals surface area contributed by atoms with E-state index >= 15 is 0 Å². The Hall–Kier alpha value is -2.83. The van der Waals surface area contributed by atoms with Crippen LogP contribution in [0.5, 0.6) is 11.5 Å². The van der Waals surface area contributed by atoms with Gasteiger partial charge in [0.15, 0.2) is 11.5 Å². The Bertz CT molecular complexity index is 749. The highest BCUT2D eigenvalue weighted by molar-refractivity contribution is 6.06. The van der Waals surface area contributed by atoms with E-state index in [1.807, 2.05) is 0 Å². The number of carbonyl (C=O) groups is 2. The van der Waals surface area contributed by atoms with E-state index in [9.17, 15) is 19.8 Å². The third kappa shape index (κ3) is 2.97. The van der Waals surface area contributed by atoms with Gasteiger partial charge in [0.25, 0.3) is 0 Å². The van der Waals surface area contributed by atoms with Crippen LogP contribution in [0.2, 0.25) is 0 Å². The number of aliphatic imine (C=N–C) groups is 1. The molecule has 0 saturated carbocycles. The van der Waals surface area contributed by atoms with Gasteiger partial charge in [-0.3, -0.25) is 9.79 Å². The number of rotatable bonds is 5. The van der Waals surface area contributed by atoms with Gasteiger partial charge >= 0.3 is 11.9 Å². The number of carboxylic acids is 2. The lowest BCUT2D eigenvalue weighted by Gasteiger charge is -2.30. The Kier molecular flexibility index (Phi) is 4.92. The van der Waals surface area contributed by atoms with E-state index < -0.39 is 23.8 Å². The minimum Gasteiger partial charge on any atom is -0.493 e. The van der Waals surface area contributed by atoms with Crippen molar-refractivity contribution in [3.8, 4) is 11.5 Å². The Morgan fingerprint density at radius 1 is 1.08 bits per heavy atom. The molecule has 128 valence electrons. The molecule has 2 N–H and O–H groups in total. The van der Waals surface area contributed by atoms with Crippen molar-refractivity contribution in [3.63, 3.8) is 0 Å². The molecule has 0 radical (unpaired) electrons. The number of ether oxygens (including phenoxy) is 2. The van der Waals surface area contributed by atoms with Gasteiger partial charge in [-0.1, -0.05) is 6.07 Å². The van der Waals surface area contributed by atoms with Crippen LogP contribution in [-0.4, -0.2) is 42.1 Å². The van der Waals surface area contributed by atoms with Crippen LogP contribution in [0.4, 0.5) is 0 Å². The molecule has 1 aliphatic heterocycles. The maximum atomic E-state index is 11.7. The Morgan fingerprint density at radius 2 is 1.71 bits per heavy atom. The molecule has 1 aliphatic rings. The number of nitrogens with zero attached hydrogens (tertiary/aromatic N) is 1. The van der Waals surface area contributed by atoms with Crippen molar-refractivity contribution in [1.29, 1.82) is 0 Å². The Morgan fingerprint density at radius 3 is 2.21 bits per heavy atom. The molecule has 7 heteroatoms. The van der Waals surface area contributed by atoms with Crippen molar-refractivity contribution in [3.05, 3.63) is 35.0 Å². The normalized spacial score (nSPS) is 20.4. The van der Waals surface area contributed by atoms with Gasteiger partial charge in [-0.15, -0.1) is 0 Å². The predicted octanol–water partition coefficient (Wildman–Crippen LogP) is 2.32. The lowest BCUT2D eigenvalue weighted by atomic mass is 9.75. The summed E-state index contributed by atoms with van der Waals surface area (Å²) in [4.78, 5) is 27.6. The van der Waals surface area contributed by atoms with Crippen molar-refractivity contribution in [2.75, 3.05) is 14.2 Å². The summed E-state index contributed by atoms with van der Waals surface area (Å²) in [6.45, 7) is 3.16. The third-order valence-corrected chi connectivity index (χ3v) is 4.09. The van der Waals surface area contributed by atoms with E-state index in [1.54, 1.807) is 32.0 Å². The first-order valence-electron chi connectivity index (χ1n) is 7.25. The molecule has 0 amide bonds. The summed E-state index contributed by atoms with van der Waals surface area (Å²) in [5.74, 6) is -3.35. The van der Waals surface area contributed by atoms with Crippen LogP contribution in [-0.2, 0) is 9.59 Å². The number of carboxylic acid groups (broad SMARTS) is 2. The fraction of sp³-hybridized carbons (Fsp3) is 0.353. The van der Waals surface area contributed by atoms with E-state index in [4.69, 9.17) is 9.47 Å². The van der Waals surface area contributed by atoms with E-state index in [-0.39, 0.29) is 5.57 Å². The Balaban J connectivity index is 2.68. The van der Waals surface area contributed by atoms with Crippen molar-refractivity contribution < 1.29 is 29.3 Å². The van der Waals surface area contributed by atoms with Gasteiger partial charge in [0, 0.05) is 17.3 Å². The van der Waals surface area contributed by atoms with Crippen LogP contribution >= 0.6 is 0 Å². The third-order valence-electron chi connectivity index (χ3n) is 4.09. The standard InChI is InChI=1S/C17H19NO6/c1-8-13(16(19)20)15(14(17(21)22)9(2)18-8)10-5-6-11(23-3)12(7-10)24-4/h5-7,13,15H,1-4H3,(H,19,20)(H,21,22). The fourth-order valence-corrected chi connectivity index (χ4v) is 3.04.